The Morgan fingerprint density at radius 2 is 2.32 bits per heavy atom. The average Bonchev–Trinajstić information content (AvgIpc) is 2.46. The predicted molar refractivity (Wildman–Crippen MR) is 77.7 cm³/mol. The first-order valence-corrected chi connectivity index (χ1v) is 6.43. The van der Waals surface area contributed by atoms with Crippen molar-refractivity contribution in [1.82, 2.24) is 10.6 Å². The summed E-state index contributed by atoms with van der Waals surface area (Å²) in [6.07, 6.45) is 3.23. The molecular formula is C14H21ClN2O2. The maximum absolute atomic E-state index is 11.9. The molecule has 1 fully saturated rings. The van der Waals surface area contributed by atoms with Crippen molar-refractivity contribution in [3.05, 3.63) is 29.8 Å². The molecule has 0 aliphatic carbocycles. The van der Waals surface area contributed by atoms with Gasteiger partial charge >= 0.3 is 0 Å². The molecule has 1 amide bonds. The lowest BCUT2D eigenvalue weighted by Crippen LogP contribution is -2.46. The van der Waals surface area contributed by atoms with Gasteiger partial charge in [0.2, 0.25) is 5.91 Å². The molecule has 1 aliphatic rings. The fraction of sp³-hybridized carbons (Fsp3) is 0.500. The lowest BCUT2D eigenvalue weighted by Gasteiger charge is -2.22. The van der Waals surface area contributed by atoms with Gasteiger partial charge in [-0.25, -0.2) is 0 Å². The van der Waals surface area contributed by atoms with Crippen LogP contribution >= 0.6 is 12.4 Å². The molecule has 0 spiro atoms. The van der Waals surface area contributed by atoms with Crippen molar-refractivity contribution in [2.75, 3.05) is 13.7 Å². The van der Waals surface area contributed by atoms with E-state index in [4.69, 9.17) is 4.74 Å². The van der Waals surface area contributed by atoms with Gasteiger partial charge in [0.05, 0.1) is 13.2 Å². The van der Waals surface area contributed by atoms with Crippen LogP contribution in [0.1, 0.15) is 24.8 Å². The number of hydrogen-bond acceptors (Lipinski definition) is 3. The van der Waals surface area contributed by atoms with Crippen LogP contribution in [0.25, 0.3) is 0 Å². The first kappa shape index (κ1) is 15.8. The molecule has 0 aromatic heterocycles. The third kappa shape index (κ3) is 4.73. The van der Waals surface area contributed by atoms with E-state index < -0.39 is 0 Å². The molecule has 5 heteroatoms. The van der Waals surface area contributed by atoms with Crippen molar-refractivity contribution in [2.24, 2.45) is 0 Å². The Labute approximate surface area is 120 Å². The lowest BCUT2D eigenvalue weighted by atomic mass is 10.0. The van der Waals surface area contributed by atoms with Gasteiger partial charge in [-0.2, -0.15) is 0 Å². The van der Waals surface area contributed by atoms with Gasteiger partial charge in [-0.1, -0.05) is 18.6 Å². The van der Waals surface area contributed by atoms with Gasteiger partial charge in [0.15, 0.2) is 0 Å². The van der Waals surface area contributed by atoms with Gasteiger partial charge in [0.1, 0.15) is 5.75 Å². The molecule has 19 heavy (non-hydrogen) atoms. The molecule has 1 heterocycles. The summed E-state index contributed by atoms with van der Waals surface area (Å²) in [6, 6.07) is 7.73. The van der Waals surface area contributed by atoms with E-state index >= 15 is 0 Å². The van der Waals surface area contributed by atoms with Gasteiger partial charge in [-0.15, -0.1) is 12.4 Å². The highest BCUT2D eigenvalue weighted by Crippen LogP contribution is 2.12. The summed E-state index contributed by atoms with van der Waals surface area (Å²) in [7, 11) is 1.64. The molecule has 1 aromatic rings. The standard InChI is InChI=1S/C14H20N2O2.ClH/c1-18-12-6-4-5-11(9-12)10-16-14(17)13-7-2-3-8-15-13;/h4-6,9,13,15H,2-3,7-8,10H2,1H3,(H,16,17);1H. The van der Waals surface area contributed by atoms with Crippen molar-refractivity contribution >= 4 is 18.3 Å². The van der Waals surface area contributed by atoms with Gasteiger partial charge in [-0.3, -0.25) is 4.79 Å². The van der Waals surface area contributed by atoms with Gasteiger partial charge in [0, 0.05) is 6.54 Å². The minimum atomic E-state index is -0.0237. The van der Waals surface area contributed by atoms with Crippen LogP contribution in [0.15, 0.2) is 24.3 Å². The number of benzene rings is 1. The Balaban J connectivity index is 0.00000180. The molecule has 1 saturated heterocycles. The number of carbonyl (C=O) groups is 1. The van der Waals surface area contributed by atoms with Crippen LogP contribution in [0.5, 0.6) is 5.75 Å². The molecule has 1 aromatic carbocycles. The van der Waals surface area contributed by atoms with E-state index in [0.717, 1.165) is 30.7 Å². The van der Waals surface area contributed by atoms with Crippen LogP contribution in [0.2, 0.25) is 0 Å². The van der Waals surface area contributed by atoms with Crippen molar-refractivity contribution < 1.29 is 9.53 Å². The highest BCUT2D eigenvalue weighted by atomic mass is 35.5. The zero-order chi connectivity index (χ0) is 12.8. The monoisotopic (exact) mass is 284 g/mol. The molecular weight excluding hydrogens is 264 g/mol. The average molecular weight is 285 g/mol. The van der Waals surface area contributed by atoms with E-state index in [9.17, 15) is 4.79 Å². The zero-order valence-corrected chi connectivity index (χ0v) is 12.0. The summed E-state index contributed by atoms with van der Waals surface area (Å²) in [4.78, 5) is 11.9. The van der Waals surface area contributed by atoms with Crippen molar-refractivity contribution in [3.63, 3.8) is 0 Å². The Morgan fingerprint density at radius 3 is 3.00 bits per heavy atom. The molecule has 4 nitrogen and oxygen atoms in total. The maximum Gasteiger partial charge on any atom is 0.237 e. The number of hydrogen-bond donors (Lipinski definition) is 2. The van der Waals surface area contributed by atoms with Crippen molar-refractivity contribution in [2.45, 2.75) is 31.8 Å². The summed E-state index contributed by atoms with van der Waals surface area (Å²) in [6.45, 7) is 1.49. The van der Waals surface area contributed by atoms with E-state index in [1.807, 2.05) is 24.3 Å². The number of amides is 1. The third-order valence-corrected chi connectivity index (χ3v) is 3.23. The molecule has 0 saturated carbocycles. The number of halogens is 1. The third-order valence-electron chi connectivity index (χ3n) is 3.23. The molecule has 2 rings (SSSR count). The molecule has 0 radical (unpaired) electrons. The Morgan fingerprint density at radius 1 is 1.47 bits per heavy atom. The molecule has 1 atom stereocenters. The lowest BCUT2D eigenvalue weighted by molar-refractivity contribution is -0.123. The summed E-state index contributed by atoms with van der Waals surface area (Å²) >= 11 is 0. The topological polar surface area (TPSA) is 50.4 Å². The fourth-order valence-electron chi connectivity index (χ4n) is 2.17. The van der Waals surface area contributed by atoms with Crippen molar-refractivity contribution in [3.8, 4) is 5.75 Å². The second-order valence-corrected chi connectivity index (χ2v) is 4.57. The Hall–Kier alpha value is -1.26. The van der Waals surface area contributed by atoms with Crippen LogP contribution in [0.3, 0.4) is 0 Å². The summed E-state index contributed by atoms with van der Waals surface area (Å²) in [5, 5.41) is 6.20. The van der Waals surface area contributed by atoms with Crippen LogP contribution in [-0.2, 0) is 11.3 Å². The van der Waals surface area contributed by atoms with Gasteiger partial charge in [0.25, 0.3) is 0 Å². The molecule has 0 bridgehead atoms. The number of rotatable bonds is 4. The highest BCUT2D eigenvalue weighted by molar-refractivity contribution is 5.85. The summed E-state index contributed by atoms with van der Waals surface area (Å²) in [5.41, 5.74) is 1.05. The van der Waals surface area contributed by atoms with E-state index in [-0.39, 0.29) is 24.4 Å². The first-order chi connectivity index (χ1) is 8.79. The van der Waals surface area contributed by atoms with Gasteiger partial charge < -0.3 is 15.4 Å². The van der Waals surface area contributed by atoms with E-state index in [0.29, 0.717) is 6.54 Å². The SMILES string of the molecule is COc1cccc(CNC(=O)C2CCCCN2)c1.Cl. The zero-order valence-electron chi connectivity index (χ0n) is 11.1. The number of nitrogens with one attached hydrogen (secondary N) is 2. The minimum absolute atomic E-state index is 0. The van der Waals surface area contributed by atoms with Gasteiger partial charge in [-0.05, 0) is 37.1 Å². The van der Waals surface area contributed by atoms with Crippen LogP contribution in [-0.4, -0.2) is 25.6 Å². The fourth-order valence-corrected chi connectivity index (χ4v) is 2.17. The molecule has 1 unspecified atom stereocenters. The second kappa shape index (κ2) is 8.02. The predicted octanol–water partition coefficient (Wildman–Crippen LogP) is 1.88. The molecule has 1 aliphatic heterocycles. The number of carbonyl (C=O) groups excluding carboxylic acids is 1. The van der Waals surface area contributed by atoms with Crippen LogP contribution in [0, 0.1) is 0 Å². The van der Waals surface area contributed by atoms with Crippen LogP contribution < -0.4 is 15.4 Å². The Bertz CT molecular complexity index is 406. The number of ether oxygens (including phenoxy) is 1. The van der Waals surface area contributed by atoms with Crippen LogP contribution in [0.4, 0.5) is 0 Å². The molecule has 106 valence electrons. The van der Waals surface area contributed by atoms with Crippen molar-refractivity contribution in [1.29, 1.82) is 0 Å². The normalized spacial score (nSPS) is 18.3. The maximum atomic E-state index is 11.9. The first-order valence-electron chi connectivity index (χ1n) is 6.43. The second-order valence-electron chi connectivity index (χ2n) is 4.57. The largest absolute Gasteiger partial charge is 0.497 e. The summed E-state index contributed by atoms with van der Waals surface area (Å²) in [5.74, 6) is 0.912. The quantitative estimate of drug-likeness (QED) is 0.888. The van der Waals surface area contributed by atoms with E-state index in [1.54, 1.807) is 7.11 Å². The molecule has 2 N–H and O–H groups in total. The number of piperidine rings is 1. The highest BCUT2D eigenvalue weighted by Gasteiger charge is 2.19. The smallest absolute Gasteiger partial charge is 0.237 e. The van der Waals surface area contributed by atoms with E-state index in [1.165, 1.54) is 6.42 Å². The summed E-state index contributed by atoms with van der Waals surface area (Å²) < 4.78 is 5.15. The number of methoxy groups -OCH3 is 1. The van der Waals surface area contributed by atoms with E-state index in [2.05, 4.69) is 10.6 Å². The Kier molecular flexibility index (Phi) is 6.67. The minimum Gasteiger partial charge on any atom is -0.497 e.